The molecule has 0 saturated carbocycles. The predicted octanol–water partition coefficient (Wildman–Crippen LogP) is 2.88. The van der Waals surface area contributed by atoms with Crippen molar-refractivity contribution in [1.29, 1.82) is 0 Å². The number of ketones is 1. The van der Waals surface area contributed by atoms with E-state index in [1.165, 1.54) is 10.7 Å². The third-order valence-corrected chi connectivity index (χ3v) is 7.77. The first-order valence-electron chi connectivity index (χ1n) is 10.9. The second-order valence-corrected chi connectivity index (χ2v) is 10.2. The molecule has 1 unspecified atom stereocenters. The Bertz CT molecular complexity index is 747. The van der Waals surface area contributed by atoms with E-state index in [4.69, 9.17) is 4.74 Å². The summed E-state index contributed by atoms with van der Waals surface area (Å²) in [5.41, 5.74) is 1.15. The van der Waals surface area contributed by atoms with Gasteiger partial charge < -0.3 is 4.74 Å². The van der Waals surface area contributed by atoms with Gasteiger partial charge in [-0.1, -0.05) is 38.8 Å². The van der Waals surface area contributed by atoms with Crippen molar-refractivity contribution in [2.45, 2.75) is 44.4 Å². The lowest BCUT2D eigenvalue weighted by molar-refractivity contribution is -0.120. The highest BCUT2D eigenvalue weighted by molar-refractivity contribution is 7.89. The number of Topliss-reactive ketones (excluding diaryl/α,β-unsaturated/α-hetero) is 1. The van der Waals surface area contributed by atoms with Gasteiger partial charge in [-0.3, -0.25) is 9.69 Å². The molecule has 1 fully saturated rings. The van der Waals surface area contributed by atoms with E-state index in [2.05, 4.69) is 24.5 Å². The lowest BCUT2D eigenvalue weighted by atomic mass is 10.1. The molecule has 1 atom stereocenters. The number of benzene rings is 1. The van der Waals surface area contributed by atoms with Gasteiger partial charge in [-0.05, 0) is 30.5 Å². The highest BCUT2D eigenvalue weighted by atomic mass is 32.2. The zero-order valence-electron chi connectivity index (χ0n) is 18.3. The second-order valence-electron chi connectivity index (χ2n) is 7.94. The van der Waals surface area contributed by atoms with E-state index in [1.807, 2.05) is 12.1 Å². The number of unbranched alkanes of at least 4 members (excludes halogenated alkanes) is 2. The first-order chi connectivity index (χ1) is 14.4. The Morgan fingerprint density at radius 3 is 2.47 bits per heavy atom. The van der Waals surface area contributed by atoms with Gasteiger partial charge in [0, 0.05) is 44.4 Å². The van der Waals surface area contributed by atoms with E-state index >= 15 is 0 Å². The van der Waals surface area contributed by atoms with Gasteiger partial charge in [0.1, 0.15) is 5.78 Å². The number of morpholine rings is 1. The molecule has 0 amide bonds. The maximum absolute atomic E-state index is 13.4. The Balaban J connectivity index is 2.13. The first kappa shape index (κ1) is 25.3. The van der Waals surface area contributed by atoms with Crippen LogP contribution in [0.15, 0.2) is 29.2 Å². The van der Waals surface area contributed by atoms with Crippen molar-refractivity contribution >= 4 is 28.4 Å². The van der Waals surface area contributed by atoms with Crippen LogP contribution in [0.1, 0.15) is 38.7 Å². The maximum atomic E-state index is 13.4. The molecule has 2 rings (SSSR count). The molecule has 1 aromatic rings. The van der Waals surface area contributed by atoms with Crippen LogP contribution in [0.4, 0.5) is 0 Å². The molecule has 0 aliphatic carbocycles. The minimum absolute atomic E-state index is 0.0452. The number of ether oxygens (including phenoxy) is 1. The average Bonchev–Trinajstić information content (AvgIpc) is 2.77. The predicted molar refractivity (Wildman–Crippen MR) is 124 cm³/mol. The fraction of sp³-hybridized carbons (Fsp3) is 0.682. The minimum Gasteiger partial charge on any atom is -0.379 e. The van der Waals surface area contributed by atoms with Crippen molar-refractivity contribution in [1.82, 2.24) is 9.21 Å². The lowest BCUT2D eigenvalue weighted by Crippen LogP contribution is -2.45. The Kier molecular flexibility index (Phi) is 10.8. The summed E-state index contributed by atoms with van der Waals surface area (Å²) in [6, 6.07) is 7.21. The molecule has 1 aliphatic rings. The maximum Gasteiger partial charge on any atom is 0.243 e. The Hall–Kier alpha value is -0.930. The van der Waals surface area contributed by atoms with Gasteiger partial charge in [0.15, 0.2) is 0 Å². The molecule has 1 saturated heterocycles. The van der Waals surface area contributed by atoms with Gasteiger partial charge in [-0.2, -0.15) is 16.9 Å². The average molecular weight is 457 g/mol. The largest absolute Gasteiger partial charge is 0.379 e. The van der Waals surface area contributed by atoms with Crippen molar-refractivity contribution in [3.63, 3.8) is 0 Å². The highest BCUT2D eigenvalue weighted by Crippen LogP contribution is 2.19. The normalized spacial score (nSPS) is 16.7. The van der Waals surface area contributed by atoms with E-state index in [0.717, 1.165) is 37.9 Å². The Morgan fingerprint density at radius 2 is 1.87 bits per heavy atom. The van der Waals surface area contributed by atoms with E-state index in [9.17, 15) is 13.2 Å². The van der Waals surface area contributed by atoms with Crippen molar-refractivity contribution in [3.8, 4) is 0 Å². The standard InChI is InChI=1S/C22H36N2O4S2/c1-3-4-5-6-20-7-9-21(10-8-20)30(26,27)24(17-19(2)22(25)18-29)12-11-23-13-15-28-16-14-23/h7-10,19,29H,3-6,11-18H2,1-2H3. The number of carbonyl (C=O) groups is 1. The molecular weight excluding hydrogens is 420 g/mol. The first-order valence-corrected chi connectivity index (χ1v) is 13.0. The molecule has 30 heavy (non-hydrogen) atoms. The number of hydrogen-bond acceptors (Lipinski definition) is 6. The monoisotopic (exact) mass is 456 g/mol. The summed E-state index contributed by atoms with van der Waals surface area (Å²) < 4.78 is 33.6. The van der Waals surface area contributed by atoms with Crippen LogP contribution in [0.3, 0.4) is 0 Å². The van der Waals surface area contributed by atoms with Crippen LogP contribution in [0.25, 0.3) is 0 Å². The fourth-order valence-electron chi connectivity index (χ4n) is 3.51. The van der Waals surface area contributed by atoms with Gasteiger partial charge >= 0.3 is 0 Å². The molecule has 0 radical (unpaired) electrons. The number of aryl methyl sites for hydroxylation is 1. The summed E-state index contributed by atoms with van der Waals surface area (Å²) in [4.78, 5) is 14.6. The molecule has 1 heterocycles. The third kappa shape index (κ3) is 7.64. The van der Waals surface area contributed by atoms with Crippen LogP contribution >= 0.6 is 12.6 Å². The number of sulfonamides is 1. The van der Waals surface area contributed by atoms with Crippen LogP contribution in [-0.4, -0.2) is 75.1 Å². The van der Waals surface area contributed by atoms with Crippen LogP contribution < -0.4 is 0 Å². The summed E-state index contributed by atoms with van der Waals surface area (Å²) in [5.74, 6) is -0.322. The van der Waals surface area contributed by atoms with Gasteiger partial charge in [0.05, 0.1) is 18.1 Å². The molecule has 1 aliphatic heterocycles. The lowest BCUT2D eigenvalue weighted by Gasteiger charge is -2.30. The van der Waals surface area contributed by atoms with E-state index < -0.39 is 15.9 Å². The fourth-order valence-corrected chi connectivity index (χ4v) is 5.34. The van der Waals surface area contributed by atoms with Crippen molar-refractivity contribution < 1.29 is 17.9 Å². The van der Waals surface area contributed by atoms with Gasteiger partial charge in [0.2, 0.25) is 10.0 Å². The van der Waals surface area contributed by atoms with Crippen LogP contribution in [-0.2, 0) is 26.0 Å². The number of rotatable bonds is 13. The van der Waals surface area contributed by atoms with Gasteiger partial charge in [-0.15, -0.1) is 0 Å². The zero-order valence-corrected chi connectivity index (χ0v) is 20.0. The van der Waals surface area contributed by atoms with E-state index in [-0.39, 0.29) is 23.0 Å². The number of hydrogen-bond donors (Lipinski definition) is 1. The number of carbonyl (C=O) groups excluding carboxylic acids is 1. The highest BCUT2D eigenvalue weighted by Gasteiger charge is 2.28. The zero-order chi connectivity index (χ0) is 22.0. The Morgan fingerprint density at radius 1 is 1.20 bits per heavy atom. The minimum atomic E-state index is -3.68. The van der Waals surface area contributed by atoms with Gasteiger partial charge in [-0.25, -0.2) is 8.42 Å². The van der Waals surface area contributed by atoms with Gasteiger partial charge in [0.25, 0.3) is 0 Å². The second kappa shape index (κ2) is 12.8. The topological polar surface area (TPSA) is 66.9 Å². The smallest absolute Gasteiger partial charge is 0.243 e. The van der Waals surface area contributed by atoms with Crippen LogP contribution in [0.2, 0.25) is 0 Å². The quantitative estimate of drug-likeness (QED) is 0.365. The van der Waals surface area contributed by atoms with Crippen molar-refractivity contribution in [2.75, 3.05) is 51.7 Å². The molecule has 170 valence electrons. The van der Waals surface area contributed by atoms with E-state index in [1.54, 1.807) is 19.1 Å². The molecule has 1 aromatic carbocycles. The summed E-state index contributed by atoms with van der Waals surface area (Å²) in [6.07, 6.45) is 4.40. The summed E-state index contributed by atoms with van der Waals surface area (Å²) in [6.45, 7) is 8.01. The van der Waals surface area contributed by atoms with Crippen LogP contribution in [0, 0.1) is 5.92 Å². The molecule has 0 spiro atoms. The Labute approximate surface area is 187 Å². The molecule has 8 heteroatoms. The number of nitrogens with zero attached hydrogens (tertiary/aromatic N) is 2. The summed E-state index contributed by atoms with van der Waals surface area (Å²) in [5, 5.41) is 0. The summed E-state index contributed by atoms with van der Waals surface area (Å²) in [7, 11) is -3.68. The molecule has 0 N–H and O–H groups in total. The van der Waals surface area contributed by atoms with Crippen molar-refractivity contribution in [3.05, 3.63) is 29.8 Å². The molecule has 6 nitrogen and oxygen atoms in total. The molecule has 0 aromatic heterocycles. The SMILES string of the molecule is CCCCCc1ccc(S(=O)(=O)N(CCN2CCOCC2)CC(C)C(=O)CS)cc1. The number of thiol groups is 1. The third-order valence-electron chi connectivity index (χ3n) is 5.58. The van der Waals surface area contributed by atoms with Crippen molar-refractivity contribution in [2.24, 2.45) is 5.92 Å². The molecular formula is C22H36N2O4S2. The summed E-state index contributed by atoms with van der Waals surface area (Å²) >= 11 is 4.06. The van der Waals surface area contributed by atoms with Crippen LogP contribution in [0.5, 0.6) is 0 Å². The van der Waals surface area contributed by atoms with E-state index in [0.29, 0.717) is 26.3 Å². The molecule has 0 bridgehead atoms.